The summed E-state index contributed by atoms with van der Waals surface area (Å²) in [6.45, 7) is 5.16. The first-order valence-electron chi connectivity index (χ1n) is 5.47. The highest BCUT2D eigenvalue weighted by Crippen LogP contribution is 2.42. The average molecular weight is 193 g/mol. The Bertz CT molecular complexity index is 301. The van der Waals surface area contributed by atoms with Crippen LogP contribution in [0.5, 0.6) is 0 Å². The molecule has 0 spiro atoms. The number of nitrogens with two attached hydrogens (primary N) is 1. The van der Waals surface area contributed by atoms with E-state index in [1.54, 1.807) is 0 Å². The van der Waals surface area contributed by atoms with Crippen LogP contribution in [0.4, 0.5) is 0 Å². The van der Waals surface area contributed by atoms with E-state index in [1.165, 1.54) is 18.5 Å². The highest BCUT2D eigenvalue weighted by molar-refractivity contribution is 5.14. The van der Waals surface area contributed by atoms with Gasteiger partial charge < -0.3 is 5.73 Å². The van der Waals surface area contributed by atoms with Crippen molar-refractivity contribution in [1.82, 2.24) is 9.78 Å². The van der Waals surface area contributed by atoms with E-state index in [0.29, 0.717) is 17.9 Å². The van der Waals surface area contributed by atoms with Crippen LogP contribution in [0, 0.1) is 5.92 Å². The van der Waals surface area contributed by atoms with E-state index < -0.39 is 0 Å². The molecule has 2 atom stereocenters. The van der Waals surface area contributed by atoms with Gasteiger partial charge in [0.05, 0.1) is 0 Å². The van der Waals surface area contributed by atoms with E-state index in [2.05, 4.69) is 29.7 Å². The second kappa shape index (κ2) is 3.73. The summed E-state index contributed by atoms with van der Waals surface area (Å²) in [5.41, 5.74) is 7.10. The lowest BCUT2D eigenvalue weighted by atomic mass is 9.72. The number of hydrogen-bond donors (Lipinski definition) is 1. The Balaban J connectivity index is 2.19. The van der Waals surface area contributed by atoms with Gasteiger partial charge in [-0.3, -0.25) is 4.68 Å². The molecule has 0 amide bonds. The molecule has 14 heavy (non-hydrogen) atoms. The zero-order valence-electron chi connectivity index (χ0n) is 8.98. The van der Waals surface area contributed by atoms with Crippen molar-refractivity contribution in [1.29, 1.82) is 0 Å². The molecule has 0 bridgehead atoms. The van der Waals surface area contributed by atoms with Gasteiger partial charge in [0.25, 0.3) is 0 Å². The number of hydrogen-bond acceptors (Lipinski definition) is 2. The van der Waals surface area contributed by atoms with Crippen molar-refractivity contribution >= 4 is 0 Å². The summed E-state index contributed by atoms with van der Waals surface area (Å²) >= 11 is 0. The molecular formula is C11H19N3. The molecule has 1 aliphatic rings. The number of nitrogens with zero attached hydrogens (tertiary/aromatic N) is 2. The Morgan fingerprint density at radius 2 is 2.36 bits per heavy atom. The first-order valence-corrected chi connectivity index (χ1v) is 5.47. The summed E-state index contributed by atoms with van der Waals surface area (Å²) in [6, 6.07) is 2.60. The molecule has 0 saturated heterocycles. The molecule has 0 aromatic carbocycles. The molecule has 1 aromatic heterocycles. The van der Waals surface area contributed by atoms with Gasteiger partial charge in [-0.2, -0.15) is 5.10 Å². The zero-order chi connectivity index (χ0) is 10.1. The first kappa shape index (κ1) is 9.71. The molecule has 1 saturated carbocycles. The van der Waals surface area contributed by atoms with E-state index in [4.69, 9.17) is 5.73 Å². The monoisotopic (exact) mass is 193 g/mol. The Morgan fingerprint density at radius 3 is 2.86 bits per heavy atom. The molecule has 1 aromatic rings. The third-order valence-electron chi connectivity index (χ3n) is 3.29. The minimum Gasteiger partial charge on any atom is -0.330 e. The van der Waals surface area contributed by atoms with Crippen LogP contribution in [0.3, 0.4) is 0 Å². The molecule has 1 aliphatic carbocycles. The lowest BCUT2D eigenvalue weighted by Gasteiger charge is -2.36. The summed E-state index contributed by atoms with van der Waals surface area (Å²) in [7, 11) is 0. The molecule has 0 radical (unpaired) electrons. The van der Waals surface area contributed by atoms with Crippen molar-refractivity contribution in [3.8, 4) is 0 Å². The lowest BCUT2D eigenvalue weighted by molar-refractivity contribution is 0.246. The predicted molar refractivity (Wildman–Crippen MR) is 57.1 cm³/mol. The van der Waals surface area contributed by atoms with E-state index in [-0.39, 0.29) is 0 Å². The maximum Gasteiger partial charge on any atom is 0.0492 e. The molecular weight excluding hydrogens is 174 g/mol. The Morgan fingerprint density at radius 1 is 1.57 bits per heavy atom. The largest absolute Gasteiger partial charge is 0.330 e. The van der Waals surface area contributed by atoms with Crippen LogP contribution in [0.25, 0.3) is 0 Å². The van der Waals surface area contributed by atoms with Crippen LogP contribution >= 0.6 is 0 Å². The van der Waals surface area contributed by atoms with Crippen molar-refractivity contribution in [2.24, 2.45) is 11.7 Å². The molecule has 0 aliphatic heterocycles. The van der Waals surface area contributed by atoms with Gasteiger partial charge in [-0.25, -0.2) is 0 Å². The molecule has 2 unspecified atom stereocenters. The van der Waals surface area contributed by atoms with E-state index in [9.17, 15) is 0 Å². The SMILES string of the molecule is CC(C)n1nccc1C1CCC1CN. The van der Waals surface area contributed by atoms with Crippen LogP contribution < -0.4 is 5.73 Å². The van der Waals surface area contributed by atoms with Gasteiger partial charge in [0.15, 0.2) is 0 Å². The maximum atomic E-state index is 5.73. The molecule has 78 valence electrons. The van der Waals surface area contributed by atoms with Gasteiger partial charge in [0.1, 0.15) is 0 Å². The molecule has 2 N–H and O–H groups in total. The van der Waals surface area contributed by atoms with Crippen LogP contribution in [0.2, 0.25) is 0 Å². The predicted octanol–water partition coefficient (Wildman–Crippen LogP) is 1.92. The Hall–Kier alpha value is -0.830. The summed E-state index contributed by atoms with van der Waals surface area (Å²) in [4.78, 5) is 0. The van der Waals surface area contributed by atoms with Gasteiger partial charge in [-0.15, -0.1) is 0 Å². The number of rotatable bonds is 3. The molecule has 3 nitrogen and oxygen atoms in total. The second-order valence-corrected chi connectivity index (χ2v) is 4.47. The second-order valence-electron chi connectivity index (χ2n) is 4.47. The summed E-state index contributed by atoms with van der Waals surface area (Å²) in [5, 5.41) is 4.36. The fourth-order valence-corrected chi connectivity index (χ4v) is 2.29. The van der Waals surface area contributed by atoms with Gasteiger partial charge in [0, 0.05) is 23.9 Å². The fourth-order valence-electron chi connectivity index (χ4n) is 2.29. The highest BCUT2D eigenvalue weighted by Gasteiger charge is 2.33. The van der Waals surface area contributed by atoms with Crippen molar-refractivity contribution in [3.63, 3.8) is 0 Å². The highest BCUT2D eigenvalue weighted by atomic mass is 15.3. The average Bonchev–Trinajstić information content (AvgIpc) is 2.51. The Labute approximate surface area is 85.3 Å². The quantitative estimate of drug-likeness (QED) is 0.797. The molecule has 1 fully saturated rings. The van der Waals surface area contributed by atoms with Gasteiger partial charge >= 0.3 is 0 Å². The van der Waals surface area contributed by atoms with Gasteiger partial charge in [-0.05, 0) is 45.2 Å². The van der Waals surface area contributed by atoms with Crippen LogP contribution in [0.15, 0.2) is 12.3 Å². The van der Waals surface area contributed by atoms with Crippen molar-refractivity contribution in [2.75, 3.05) is 6.54 Å². The normalized spacial score (nSPS) is 26.6. The summed E-state index contributed by atoms with van der Waals surface area (Å²) in [6.07, 6.45) is 4.46. The lowest BCUT2D eigenvalue weighted by Crippen LogP contribution is -2.32. The van der Waals surface area contributed by atoms with E-state index in [0.717, 1.165) is 6.54 Å². The van der Waals surface area contributed by atoms with Crippen molar-refractivity contribution < 1.29 is 0 Å². The number of aromatic nitrogens is 2. The minimum absolute atomic E-state index is 0.457. The summed E-state index contributed by atoms with van der Waals surface area (Å²) in [5.74, 6) is 1.34. The third-order valence-corrected chi connectivity index (χ3v) is 3.29. The van der Waals surface area contributed by atoms with Crippen molar-refractivity contribution in [3.05, 3.63) is 18.0 Å². The smallest absolute Gasteiger partial charge is 0.0492 e. The van der Waals surface area contributed by atoms with Gasteiger partial charge in [0.2, 0.25) is 0 Å². The topological polar surface area (TPSA) is 43.8 Å². The third kappa shape index (κ3) is 1.46. The Kier molecular flexibility index (Phi) is 2.59. The maximum absolute atomic E-state index is 5.73. The molecule has 2 rings (SSSR count). The first-order chi connectivity index (χ1) is 6.74. The zero-order valence-corrected chi connectivity index (χ0v) is 8.98. The molecule has 3 heteroatoms. The molecule has 1 heterocycles. The minimum atomic E-state index is 0.457. The van der Waals surface area contributed by atoms with Crippen LogP contribution in [-0.4, -0.2) is 16.3 Å². The van der Waals surface area contributed by atoms with E-state index >= 15 is 0 Å². The standard InChI is InChI=1S/C11H19N3/c1-8(2)14-11(5-6-13-14)10-4-3-9(10)7-12/h5-6,8-10H,3-4,7,12H2,1-2H3. The fraction of sp³-hybridized carbons (Fsp3) is 0.727. The summed E-state index contributed by atoms with van der Waals surface area (Å²) < 4.78 is 2.13. The van der Waals surface area contributed by atoms with Gasteiger partial charge in [-0.1, -0.05) is 0 Å². The van der Waals surface area contributed by atoms with Crippen LogP contribution in [-0.2, 0) is 0 Å². The van der Waals surface area contributed by atoms with Crippen molar-refractivity contribution in [2.45, 2.75) is 38.6 Å². The van der Waals surface area contributed by atoms with E-state index in [1.807, 2.05) is 6.20 Å². The van der Waals surface area contributed by atoms with Crippen LogP contribution in [0.1, 0.15) is 44.3 Å².